The summed E-state index contributed by atoms with van der Waals surface area (Å²) >= 11 is 0. The van der Waals surface area contributed by atoms with Crippen LogP contribution >= 0.6 is 0 Å². The maximum absolute atomic E-state index is 13.1. The second kappa shape index (κ2) is 8.62. The van der Waals surface area contributed by atoms with Crippen LogP contribution in [0.25, 0.3) is 0 Å². The van der Waals surface area contributed by atoms with Gasteiger partial charge in [-0.25, -0.2) is 8.42 Å². The summed E-state index contributed by atoms with van der Waals surface area (Å²) in [6.07, 6.45) is 0. The molecule has 1 fully saturated rings. The Hall–Kier alpha value is -2.79. The van der Waals surface area contributed by atoms with E-state index in [2.05, 4.69) is 5.10 Å². The number of nitro groups is 1. The quantitative estimate of drug-likeness (QED) is 0.497. The van der Waals surface area contributed by atoms with E-state index in [9.17, 15) is 23.3 Å². The second-order valence-electron chi connectivity index (χ2n) is 9.11. The number of amides is 1. The Morgan fingerprint density at radius 2 is 1.72 bits per heavy atom. The van der Waals surface area contributed by atoms with Gasteiger partial charge >= 0.3 is 0 Å². The van der Waals surface area contributed by atoms with Crippen LogP contribution in [-0.4, -0.2) is 64.4 Å². The number of nitrogens with zero attached hydrogens (tertiary/aromatic N) is 5. The molecule has 0 aliphatic carbocycles. The molecule has 10 nitrogen and oxygen atoms in total. The van der Waals surface area contributed by atoms with Crippen LogP contribution in [0.5, 0.6) is 0 Å². The van der Waals surface area contributed by atoms with Gasteiger partial charge < -0.3 is 4.90 Å². The van der Waals surface area contributed by atoms with Gasteiger partial charge in [0, 0.05) is 37.9 Å². The lowest BCUT2D eigenvalue weighted by atomic mass is 10.1. The van der Waals surface area contributed by atoms with Crippen LogP contribution in [0.1, 0.15) is 56.7 Å². The zero-order valence-electron chi connectivity index (χ0n) is 19.0. The van der Waals surface area contributed by atoms with E-state index in [1.807, 2.05) is 39.3 Å². The van der Waals surface area contributed by atoms with Gasteiger partial charge in [-0.3, -0.25) is 19.6 Å². The van der Waals surface area contributed by atoms with Crippen molar-refractivity contribution in [3.63, 3.8) is 0 Å². The van der Waals surface area contributed by atoms with Crippen molar-refractivity contribution in [1.82, 2.24) is 19.0 Å². The minimum absolute atomic E-state index is 0.0527. The zero-order chi connectivity index (χ0) is 23.8. The van der Waals surface area contributed by atoms with E-state index in [0.717, 1.165) is 5.69 Å². The van der Waals surface area contributed by atoms with Gasteiger partial charge in [-0.15, -0.1) is 0 Å². The molecule has 1 aliphatic rings. The van der Waals surface area contributed by atoms with E-state index >= 15 is 0 Å². The molecule has 2 aromatic rings. The highest BCUT2D eigenvalue weighted by Gasteiger charge is 2.35. The molecule has 11 heteroatoms. The normalized spacial score (nSPS) is 15.9. The minimum Gasteiger partial charge on any atom is -0.335 e. The standard InChI is InChI=1S/C21H29N5O5S/c1-15(2)18-14-16(22-25(18)21(3,4)5)20(27)23-10-12-24(13-11-23)32(30,31)19-9-7-6-8-17(19)26(28)29/h6-9,14-15H,10-13H2,1-5H3. The number of piperazine rings is 1. The Kier molecular flexibility index (Phi) is 6.43. The summed E-state index contributed by atoms with van der Waals surface area (Å²) in [4.78, 5) is 24.9. The monoisotopic (exact) mass is 463 g/mol. The summed E-state index contributed by atoms with van der Waals surface area (Å²) in [7, 11) is -4.05. The molecule has 3 rings (SSSR count). The van der Waals surface area contributed by atoms with Gasteiger partial charge in [-0.1, -0.05) is 26.0 Å². The number of hydrogen-bond acceptors (Lipinski definition) is 6. The van der Waals surface area contributed by atoms with Gasteiger partial charge in [0.25, 0.3) is 11.6 Å². The minimum atomic E-state index is -4.05. The molecule has 1 aromatic carbocycles. The Morgan fingerprint density at radius 3 is 2.22 bits per heavy atom. The molecule has 0 spiro atoms. The third-order valence-corrected chi connectivity index (χ3v) is 7.33. The lowest BCUT2D eigenvalue weighted by Gasteiger charge is -2.33. The van der Waals surface area contributed by atoms with E-state index in [1.54, 1.807) is 11.0 Å². The average Bonchev–Trinajstić information content (AvgIpc) is 3.20. The number of benzene rings is 1. The summed E-state index contributed by atoms with van der Waals surface area (Å²) in [5.74, 6) is -0.0652. The summed E-state index contributed by atoms with van der Waals surface area (Å²) in [5.41, 5.74) is 0.548. The number of nitro benzene ring substituents is 1. The second-order valence-corrected chi connectivity index (χ2v) is 11.0. The van der Waals surface area contributed by atoms with Crippen molar-refractivity contribution in [3.8, 4) is 0 Å². The van der Waals surface area contributed by atoms with Crippen molar-refractivity contribution in [2.75, 3.05) is 26.2 Å². The molecule has 0 unspecified atom stereocenters. The van der Waals surface area contributed by atoms with Crippen LogP contribution in [0.4, 0.5) is 5.69 Å². The third kappa shape index (κ3) is 4.53. The van der Waals surface area contributed by atoms with E-state index in [-0.39, 0.29) is 48.4 Å². The Morgan fingerprint density at radius 1 is 1.12 bits per heavy atom. The third-order valence-electron chi connectivity index (χ3n) is 5.39. The number of sulfonamides is 1. The Balaban J connectivity index is 1.78. The predicted octanol–water partition coefficient (Wildman–Crippen LogP) is 2.82. The highest BCUT2D eigenvalue weighted by atomic mass is 32.2. The van der Waals surface area contributed by atoms with Gasteiger partial charge in [0.2, 0.25) is 10.0 Å². The molecule has 1 aliphatic heterocycles. The number of carbonyl (C=O) groups excluding carboxylic acids is 1. The number of para-hydroxylation sites is 1. The van der Waals surface area contributed by atoms with Crippen LogP contribution in [0.3, 0.4) is 0 Å². The molecule has 174 valence electrons. The van der Waals surface area contributed by atoms with Crippen molar-refractivity contribution >= 4 is 21.6 Å². The van der Waals surface area contributed by atoms with Crippen LogP contribution in [0.15, 0.2) is 35.2 Å². The number of carbonyl (C=O) groups is 1. The van der Waals surface area contributed by atoms with Gasteiger partial charge in [0.05, 0.1) is 10.5 Å². The summed E-state index contributed by atoms with van der Waals surface area (Å²) in [5, 5.41) is 15.8. The number of hydrogen-bond donors (Lipinski definition) is 0. The van der Waals surface area contributed by atoms with Crippen molar-refractivity contribution in [2.45, 2.75) is 51.0 Å². The van der Waals surface area contributed by atoms with Gasteiger partial charge in [-0.2, -0.15) is 9.40 Å². The lowest BCUT2D eigenvalue weighted by Crippen LogP contribution is -2.50. The smallest absolute Gasteiger partial charge is 0.289 e. The highest BCUT2D eigenvalue weighted by Crippen LogP contribution is 2.28. The number of aromatic nitrogens is 2. The molecular formula is C21H29N5O5S. The van der Waals surface area contributed by atoms with Crippen LogP contribution < -0.4 is 0 Å². The zero-order valence-corrected chi connectivity index (χ0v) is 19.8. The first-order valence-electron chi connectivity index (χ1n) is 10.5. The Bertz CT molecular complexity index is 1130. The summed E-state index contributed by atoms with van der Waals surface area (Å²) < 4.78 is 29.0. The van der Waals surface area contributed by atoms with Crippen LogP contribution in [0.2, 0.25) is 0 Å². The molecule has 0 N–H and O–H groups in total. The molecule has 1 aromatic heterocycles. The van der Waals surface area contributed by atoms with E-state index in [0.29, 0.717) is 5.69 Å². The van der Waals surface area contributed by atoms with E-state index < -0.39 is 20.6 Å². The molecular weight excluding hydrogens is 434 g/mol. The maximum atomic E-state index is 13.1. The topological polar surface area (TPSA) is 119 Å². The SMILES string of the molecule is CC(C)c1cc(C(=O)N2CCN(S(=O)(=O)c3ccccc3[N+](=O)[O-])CC2)nn1C(C)(C)C. The fourth-order valence-corrected chi connectivity index (χ4v) is 5.29. The first-order chi connectivity index (χ1) is 14.8. The average molecular weight is 464 g/mol. The van der Waals surface area contributed by atoms with E-state index in [1.165, 1.54) is 28.6 Å². The van der Waals surface area contributed by atoms with Gasteiger partial charge in [0.15, 0.2) is 10.6 Å². The van der Waals surface area contributed by atoms with Gasteiger partial charge in [-0.05, 0) is 38.8 Å². The van der Waals surface area contributed by atoms with Gasteiger partial charge in [0.1, 0.15) is 0 Å². The van der Waals surface area contributed by atoms with Crippen LogP contribution in [-0.2, 0) is 15.6 Å². The van der Waals surface area contributed by atoms with Crippen LogP contribution in [0, 0.1) is 10.1 Å². The summed E-state index contributed by atoms with van der Waals surface area (Å²) in [6.45, 7) is 10.6. The molecule has 0 saturated carbocycles. The largest absolute Gasteiger partial charge is 0.335 e. The van der Waals surface area contributed by atoms with Crippen molar-refractivity contribution in [3.05, 3.63) is 51.8 Å². The molecule has 1 amide bonds. The molecule has 0 radical (unpaired) electrons. The van der Waals surface area contributed by atoms with Crippen molar-refractivity contribution in [1.29, 1.82) is 0 Å². The molecule has 2 heterocycles. The molecule has 0 atom stereocenters. The first kappa shape index (κ1) is 23.9. The fraction of sp³-hybridized carbons (Fsp3) is 0.524. The lowest BCUT2D eigenvalue weighted by molar-refractivity contribution is -0.387. The summed E-state index contributed by atoms with van der Waals surface area (Å²) in [6, 6.07) is 7.09. The highest BCUT2D eigenvalue weighted by molar-refractivity contribution is 7.89. The fourth-order valence-electron chi connectivity index (χ4n) is 3.71. The van der Waals surface area contributed by atoms with E-state index in [4.69, 9.17) is 0 Å². The molecule has 32 heavy (non-hydrogen) atoms. The molecule has 1 saturated heterocycles. The number of rotatable bonds is 5. The van der Waals surface area contributed by atoms with Crippen molar-refractivity contribution < 1.29 is 18.1 Å². The maximum Gasteiger partial charge on any atom is 0.289 e. The first-order valence-corrected chi connectivity index (χ1v) is 11.9. The predicted molar refractivity (Wildman–Crippen MR) is 119 cm³/mol. The Labute approximate surface area is 188 Å². The van der Waals surface area contributed by atoms with Crippen molar-refractivity contribution in [2.24, 2.45) is 0 Å². The molecule has 0 bridgehead atoms.